The van der Waals surface area contributed by atoms with E-state index >= 15 is 0 Å². The Morgan fingerprint density at radius 1 is 0.897 bits per heavy atom. The molecule has 0 aromatic carbocycles. The normalized spacial score (nSPS) is 46.6. The molecule has 0 amide bonds. The molecule has 0 unspecified atom stereocenters. The molecule has 6 rings (SSSR count). The highest BCUT2D eigenvalue weighted by molar-refractivity contribution is 5.26. The highest BCUT2D eigenvalue weighted by atomic mass is 16.7. The van der Waals surface area contributed by atoms with Crippen LogP contribution in [0.3, 0.4) is 0 Å². The van der Waals surface area contributed by atoms with Crippen LogP contribution in [0.25, 0.3) is 0 Å². The standard InChI is InChI=1S/C35H52O4/c1-6-13-32-15-8-17-34(32,36-22-20-32)38-25-27(4)28-12-19-31(5)29(24-28)26(3)10-11-30(31)39-35-18-9-16-33(35,14-7-2)21-23-37-35/h6-7,29-30H,1-3,8-25H2,4-5H3/b28-27+/t29-,30+,31+,32+,33+,34-,35-/m0/s1. The second kappa shape index (κ2) is 10.3. The van der Waals surface area contributed by atoms with E-state index in [1.807, 2.05) is 0 Å². The van der Waals surface area contributed by atoms with E-state index in [2.05, 4.69) is 45.7 Å². The van der Waals surface area contributed by atoms with Crippen LogP contribution < -0.4 is 0 Å². The summed E-state index contributed by atoms with van der Waals surface area (Å²) >= 11 is 0. The van der Waals surface area contributed by atoms with Crippen molar-refractivity contribution >= 4 is 0 Å². The third-order valence-corrected chi connectivity index (χ3v) is 12.5. The summed E-state index contributed by atoms with van der Waals surface area (Å²) in [5, 5.41) is 0. The lowest BCUT2D eigenvalue weighted by Gasteiger charge is -2.54. The van der Waals surface area contributed by atoms with E-state index in [1.54, 1.807) is 5.57 Å². The molecular formula is C35H52O4. The van der Waals surface area contributed by atoms with Crippen molar-refractivity contribution in [3.63, 3.8) is 0 Å². The first-order valence-corrected chi connectivity index (χ1v) is 15.9. The summed E-state index contributed by atoms with van der Waals surface area (Å²) in [5.74, 6) is -0.382. The SMILES string of the molecule is C=CC[C@]12CCC[C@@]1(OC/C(C)=C1\CC[C@@]3(C)[C@H](O[C@@]45CCC[C@]4(CC=C)CCO5)CCC(=C)[C@@H]3C1)OCC2. The molecule has 0 spiro atoms. The molecule has 2 saturated heterocycles. The number of hydrogen-bond donors (Lipinski definition) is 0. The van der Waals surface area contributed by atoms with Gasteiger partial charge >= 0.3 is 0 Å². The van der Waals surface area contributed by atoms with Gasteiger partial charge in [-0.2, -0.15) is 0 Å². The summed E-state index contributed by atoms with van der Waals surface area (Å²) in [6, 6.07) is 0. The molecule has 0 N–H and O–H groups in total. The third kappa shape index (κ3) is 4.22. The summed E-state index contributed by atoms with van der Waals surface area (Å²) in [4.78, 5) is 0. The lowest BCUT2D eigenvalue weighted by Crippen LogP contribution is -2.54. The Morgan fingerprint density at radius 2 is 1.54 bits per heavy atom. The van der Waals surface area contributed by atoms with Crippen LogP contribution in [0.1, 0.15) is 110 Å². The monoisotopic (exact) mass is 536 g/mol. The van der Waals surface area contributed by atoms with Gasteiger partial charge < -0.3 is 18.9 Å². The summed E-state index contributed by atoms with van der Waals surface area (Å²) in [7, 11) is 0. The van der Waals surface area contributed by atoms with Crippen molar-refractivity contribution in [1.82, 2.24) is 0 Å². The Kier molecular flexibility index (Phi) is 7.35. The van der Waals surface area contributed by atoms with E-state index in [1.165, 1.54) is 36.8 Å². The fourth-order valence-corrected chi connectivity index (χ4v) is 10.0. The molecule has 0 aromatic heterocycles. The first kappa shape index (κ1) is 27.9. The average Bonchev–Trinajstić information content (AvgIpc) is 3.62. The summed E-state index contributed by atoms with van der Waals surface area (Å²) in [6.45, 7) is 19.8. The van der Waals surface area contributed by atoms with Crippen molar-refractivity contribution in [2.45, 2.75) is 128 Å². The van der Waals surface area contributed by atoms with Gasteiger partial charge in [0.25, 0.3) is 0 Å². The van der Waals surface area contributed by atoms with Gasteiger partial charge in [0.05, 0.1) is 25.9 Å². The molecule has 4 saturated carbocycles. The molecule has 2 heterocycles. The first-order valence-electron chi connectivity index (χ1n) is 15.9. The van der Waals surface area contributed by atoms with Crippen LogP contribution >= 0.6 is 0 Å². The lowest BCUT2D eigenvalue weighted by atomic mass is 9.56. The van der Waals surface area contributed by atoms with Crippen LogP contribution in [0.2, 0.25) is 0 Å². The molecule has 216 valence electrons. The first-order chi connectivity index (χ1) is 18.8. The molecule has 0 radical (unpaired) electrons. The van der Waals surface area contributed by atoms with Gasteiger partial charge in [0.1, 0.15) is 0 Å². The van der Waals surface area contributed by atoms with E-state index in [9.17, 15) is 0 Å². The number of hydrogen-bond acceptors (Lipinski definition) is 4. The van der Waals surface area contributed by atoms with Crippen molar-refractivity contribution in [1.29, 1.82) is 0 Å². The molecular weight excluding hydrogens is 484 g/mol. The van der Waals surface area contributed by atoms with Crippen LogP contribution in [0.15, 0.2) is 48.6 Å². The van der Waals surface area contributed by atoms with E-state index in [-0.39, 0.29) is 22.3 Å². The van der Waals surface area contributed by atoms with E-state index in [4.69, 9.17) is 18.9 Å². The van der Waals surface area contributed by atoms with Gasteiger partial charge in [0.2, 0.25) is 0 Å². The second-order valence-corrected chi connectivity index (χ2v) is 14.2. The number of fused-ring (bicyclic) bond motifs is 3. The van der Waals surface area contributed by atoms with Crippen LogP contribution in [0, 0.1) is 22.2 Å². The molecule has 7 atom stereocenters. The van der Waals surface area contributed by atoms with Gasteiger partial charge in [-0.1, -0.05) is 36.8 Å². The fourth-order valence-electron chi connectivity index (χ4n) is 10.0. The molecule has 6 fully saturated rings. The zero-order valence-electron chi connectivity index (χ0n) is 24.8. The highest BCUT2D eigenvalue weighted by Gasteiger charge is 2.63. The van der Waals surface area contributed by atoms with Crippen LogP contribution in [-0.2, 0) is 18.9 Å². The maximum absolute atomic E-state index is 7.26. The van der Waals surface area contributed by atoms with Crippen molar-refractivity contribution in [2.75, 3.05) is 19.8 Å². The molecule has 6 aliphatic rings. The summed E-state index contributed by atoms with van der Waals surface area (Å²) in [5.41, 5.74) is 4.71. The second-order valence-electron chi connectivity index (χ2n) is 14.2. The molecule has 0 aromatic rings. The topological polar surface area (TPSA) is 36.9 Å². The third-order valence-electron chi connectivity index (χ3n) is 12.5. The molecule has 4 heteroatoms. The Balaban J connectivity index is 1.18. The number of allylic oxidation sites excluding steroid dienone is 4. The van der Waals surface area contributed by atoms with E-state index in [0.717, 1.165) is 83.8 Å². The fraction of sp³-hybridized carbons (Fsp3) is 0.771. The van der Waals surface area contributed by atoms with Crippen LogP contribution in [0.5, 0.6) is 0 Å². The molecule has 4 nitrogen and oxygen atoms in total. The zero-order valence-corrected chi connectivity index (χ0v) is 24.8. The summed E-state index contributed by atoms with van der Waals surface area (Å²) in [6.07, 6.45) is 20.8. The van der Waals surface area contributed by atoms with Gasteiger partial charge in [0, 0.05) is 29.1 Å². The number of rotatable bonds is 9. The smallest absolute Gasteiger partial charge is 0.174 e. The largest absolute Gasteiger partial charge is 0.349 e. The van der Waals surface area contributed by atoms with Gasteiger partial charge in [-0.15, -0.1) is 13.2 Å². The van der Waals surface area contributed by atoms with Gasteiger partial charge in [-0.25, -0.2) is 0 Å². The van der Waals surface area contributed by atoms with Crippen LogP contribution in [-0.4, -0.2) is 37.5 Å². The lowest BCUT2D eigenvalue weighted by molar-refractivity contribution is -0.294. The predicted octanol–water partition coefficient (Wildman–Crippen LogP) is 8.59. The Bertz CT molecular complexity index is 1000. The van der Waals surface area contributed by atoms with Gasteiger partial charge in [-0.3, -0.25) is 0 Å². The minimum Gasteiger partial charge on any atom is -0.349 e. The predicted molar refractivity (Wildman–Crippen MR) is 156 cm³/mol. The summed E-state index contributed by atoms with van der Waals surface area (Å²) < 4.78 is 26.9. The quantitative estimate of drug-likeness (QED) is 0.277. The van der Waals surface area contributed by atoms with Crippen molar-refractivity contribution in [3.05, 3.63) is 48.6 Å². The van der Waals surface area contributed by atoms with Gasteiger partial charge in [-0.05, 0) is 102 Å². The zero-order chi connectivity index (χ0) is 27.4. The van der Waals surface area contributed by atoms with E-state index in [0.29, 0.717) is 12.5 Å². The van der Waals surface area contributed by atoms with Crippen LogP contribution in [0.4, 0.5) is 0 Å². The highest BCUT2D eigenvalue weighted by Crippen LogP contribution is 2.62. The van der Waals surface area contributed by atoms with Crippen molar-refractivity contribution in [2.24, 2.45) is 22.2 Å². The minimum atomic E-state index is -0.419. The molecule has 39 heavy (non-hydrogen) atoms. The number of ether oxygens (including phenoxy) is 4. The Morgan fingerprint density at radius 3 is 2.23 bits per heavy atom. The molecule has 4 aliphatic carbocycles. The Hall–Kier alpha value is -1.20. The van der Waals surface area contributed by atoms with E-state index < -0.39 is 11.6 Å². The minimum absolute atomic E-state index is 0.0982. The Labute approximate surface area is 237 Å². The molecule has 0 bridgehead atoms. The maximum atomic E-state index is 7.26. The van der Waals surface area contributed by atoms with Gasteiger partial charge in [0.15, 0.2) is 11.6 Å². The average molecular weight is 537 g/mol. The van der Waals surface area contributed by atoms with Crippen molar-refractivity contribution < 1.29 is 18.9 Å². The van der Waals surface area contributed by atoms with Crippen molar-refractivity contribution in [3.8, 4) is 0 Å². The molecule has 2 aliphatic heterocycles. The maximum Gasteiger partial charge on any atom is 0.174 e.